The molecule has 7 heteroatoms. The Morgan fingerprint density at radius 1 is 1.53 bits per heavy atom. The first-order chi connectivity index (χ1) is 8.11. The lowest BCUT2D eigenvalue weighted by atomic mass is 10.2. The Morgan fingerprint density at radius 2 is 2.29 bits per heavy atom. The Bertz CT molecular complexity index is 626. The van der Waals surface area contributed by atoms with Crippen molar-refractivity contribution in [1.82, 2.24) is 14.8 Å². The van der Waals surface area contributed by atoms with E-state index in [9.17, 15) is 10.1 Å². The molecule has 7 nitrogen and oxygen atoms in total. The van der Waals surface area contributed by atoms with Crippen molar-refractivity contribution < 1.29 is 4.92 Å². The van der Waals surface area contributed by atoms with E-state index in [-0.39, 0.29) is 11.5 Å². The van der Waals surface area contributed by atoms with E-state index in [0.29, 0.717) is 11.3 Å². The molecule has 0 unspecified atom stereocenters. The van der Waals surface area contributed by atoms with Gasteiger partial charge in [-0.15, -0.1) is 5.10 Å². The van der Waals surface area contributed by atoms with Crippen LogP contribution in [-0.4, -0.2) is 19.7 Å². The van der Waals surface area contributed by atoms with Gasteiger partial charge in [0, 0.05) is 12.1 Å². The lowest BCUT2D eigenvalue weighted by Crippen LogP contribution is -1.99. The fourth-order valence-corrected chi connectivity index (χ4v) is 1.44. The molecular formula is C10H7N5O2. The second-order valence-electron chi connectivity index (χ2n) is 3.35. The molecule has 0 saturated heterocycles. The van der Waals surface area contributed by atoms with Gasteiger partial charge in [-0.1, -0.05) is 0 Å². The fraction of sp³-hybridized carbons (Fsp3) is 0.100. The van der Waals surface area contributed by atoms with Gasteiger partial charge in [0.1, 0.15) is 12.4 Å². The number of nitro groups is 1. The number of non-ortho nitro benzene ring substituents is 1. The Kier molecular flexibility index (Phi) is 2.54. The summed E-state index contributed by atoms with van der Waals surface area (Å²) in [4.78, 5) is 13.9. The maximum atomic E-state index is 10.6. The highest BCUT2D eigenvalue weighted by atomic mass is 16.6. The van der Waals surface area contributed by atoms with Gasteiger partial charge in [-0.2, -0.15) is 5.26 Å². The predicted molar refractivity (Wildman–Crippen MR) is 57.5 cm³/mol. The minimum Gasteiger partial charge on any atom is -0.258 e. The first-order valence-corrected chi connectivity index (χ1v) is 4.69. The van der Waals surface area contributed by atoms with Crippen molar-refractivity contribution in [3.63, 3.8) is 0 Å². The zero-order valence-electron chi connectivity index (χ0n) is 8.86. The Labute approximate surface area is 96.1 Å². The van der Waals surface area contributed by atoms with Gasteiger partial charge < -0.3 is 0 Å². The Morgan fingerprint density at radius 3 is 2.82 bits per heavy atom. The van der Waals surface area contributed by atoms with Gasteiger partial charge in [0.25, 0.3) is 11.5 Å². The zero-order chi connectivity index (χ0) is 12.4. The number of hydrogen-bond acceptors (Lipinski definition) is 5. The first kappa shape index (κ1) is 10.8. The van der Waals surface area contributed by atoms with Crippen LogP contribution in [0.15, 0.2) is 24.5 Å². The van der Waals surface area contributed by atoms with Gasteiger partial charge in [-0.05, 0) is 18.6 Å². The van der Waals surface area contributed by atoms with Crippen molar-refractivity contribution in [2.24, 2.45) is 0 Å². The van der Waals surface area contributed by atoms with Crippen LogP contribution in [0.4, 0.5) is 5.69 Å². The number of aryl methyl sites for hydroxylation is 1. The van der Waals surface area contributed by atoms with Gasteiger partial charge in [0.2, 0.25) is 0 Å². The average molecular weight is 229 g/mol. The molecule has 0 spiro atoms. The van der Waals surface area contributed by atoms with E-state index in [0.717, 1.165) is 0 Å². The predicted octanol–water partition coefficient (Wildman–Crippen LogP) is 1.36. The monoisotopic (exact) mass is 229 g/mol. The van der Waals surface area contributed by atoms with Crippen molar-refractivity contribution in [2.45, 2.75) is 6.92 Å². The second kappa shape index (κ2) is 4.02. The molecule has 2 aromatic rings. The molecule has 0 aliphatic carbocycles. The quantitative estimate of drug-likeness (QED) is 0.571. The summed E-state index contributed by atoms with van der Waals surface area (Å²) in [6.45, 7) is 1.73. The summed E-state index contributed by atoms with van der Waals surface area (Å²) < 4.78 is 1.41. The largest absolute Gasteiger partial charge is 0.269 e. The van der Waals surface area contributed by atoms with Crippen molar-refractivity contribution >= 4 is 5.69 Å². The maximum absolute atomic E-state index is 10.6. The smallest absolute Gasteiger partial charge is 0.258 e. The van der Waals surface area contributed by atoms with E-state index in [1.165, 1.54) is 23.1 Å². The van der Waals surface area contributed by atoms with Gasteiger partial charge in [0.15, 0.2) is 0 Å². The molecule has 0 N–H and O–H groups in total. The molecule has 0 fully saturated rings. The van der Waals surface area contributed by atoms with E-state index in [4.69, 9.17) is 5.26 Å². The highest BCUT2D eigenvalue weighted by Gasteiger charge is 2.10. The number of rotatable bonds is 2. The molecule has 0 atom stereocenters. The van der Waals surface area contributed by atoms with Crippen molar-refractivity contribution in [3.8, 4) is 11.8 Å². The second-order valence-corrected chi connectivity index (χ2v) is 3.35. The van der Waals surface area contributed by atoms with Gasteiger partial charge >= 0.3 is 0 Å². The summed E-state index contributed by atoms with van der Waals surface area (Å²) in [6.07, 6.45) is 1.40. The fourth-order valence-electron chi connectivity index (χ4n) is 1.44. The third-order valence-electron chi connectivity index (χ3n) is 2.23. The van der Waals surface area contributed by atoms with E-state index in [1.807, 2.05) is 6.07 Å². The van der Waals surface area contributed by atoms with Crippen LogP contribution in [0.2, 0.25) is 0 Å². The number of hydrogen-bond donors (Lipinski definition) is 0. The maximum Gasteiger partial charge on any atom is 0.269 e. The van der Waals surface area contributed by atoms with Crippen LogP contribution < -0.4 is 0 Å². The minimum atomic E-state index is -0.459. The van der Waals surface area contributed by atoms with E-state index in [1.54, 1.807) is 13.0 Å². The zero-order valence-corrected chi connectivity index (χ0v) is 8.86. The van der Waals surface area contributed by atoms with E-state index >= 15 is 0 Å². The third-order valence-corrected chi connectivity index (χ3v) is 2.23. The summed E-state index contributed by atoms with van der Waals surface area (Å²) in [5.41, 5.74) is 1.37. The summed E-state index contributed by atoms with van der Waals surface area (Å²) in [6, 6.07) is 6.22. The summed E-state index contributed by atoms with van der Waals surface area (Å²) in [5.74, 6) is 0.0581. The molecular weight excluding hydrogens is 222 g/mol. The molecule has 1 aromatic heterocycles. The summed E-state index contributed by atoms with van der Waals surface area (Å²) >= 11 is 0. The minimum absolute atomic E-state index is 0.0203. The molecule has 84 valence electrons. The SMILES string of the molecule is Cc1cc([N+](=O)[O-])ccc1-n1cnc(C#N)n1. The number of nitriles is 1. The summed E-state index contributed by atoms with van der Waals surface area (Å²) in [7, 11) is 0. The standard InChI is InChI=1S/C10H7N5O2/c1-7-4-8(15(16)17)2-3-9(7)14-6-12-10(5-11)13-14/h2-4,6H,1H3. The van der Waals surface area contributed by atoms with E-state index < -0.39 is 4.92 Å². The third kappa shape index (κ3) is 1.96. The number of aromatic nitrogens is 3. The highest BCUT2D eigenvalue weighted by Crippen LogP contribution is 2.19. The molecule has 17 heavy (non-hydrogen) atoms. The van der Waals surface area contributed by atoms with Crippen LogP contribution in [0.25, 0.3) is 5.69 Å². The van der Waals surface area contributed by atoms with Gasteiger partial charge in [0.05, 0.1) is 10.6 Å². The Hall–Kier alpha value is -2.75. The molecule has 0 aliphatic rings. The molecule has 0 saturated carbocycles. The van der Waals surface area contributed by atoms with Gasteiger partial charge in [-0.3, -0.25) is 10.1 Å². The van der Waals surface area contributed by atoms with Crippen LogP contribution >= 0.6 is 0 Å². The number of nitro benzene ring substituents is 1. The van der Waals surface area contributed by atoms with Crippen molar-refractivity contribution in [2.75, 3.05) is 0 Å². The van der Waals surface area contributed by atoms with Crippen LogP contribution in [-0.2, 0) is 0 Å². The van der Waals surface area contributed by atoms with Crippen molar-refractivity contribution in [1.29, 1.82) is 5.26 Å². The average Bonchev–Trinajstić information content (AvgIpc) is 2.77. The number of benzene rings is 1. The molecule has 2 rings (SSSR count). The van der Waals surface area contributed by atoms with Crippen LogP contribution in [0, 0.1) is 28.4 Å². The van der Waals surface area contributed by atoms with Gasteiger partial charge in [-0.25, -0.2) is 9.67 Å². The lowest BCUT2D eigenvalue weighted by Gasteiger charge is -2.03. The highest BCUT2D eigenvalue weighted by molar-refractivity contribution is 5.47. The normalized spacial score (nSPS) is 9.88. The lowest BCUT2D eigenvalue weighted by molar-refractivity contribution is -0.384. The topological polar surface area (TPSA) is 97.6 Å². The molecule has 1 heterocycles. The summed E-state index contributed by atoms with van der Waals surface area (Å²) in [5, 5.41) is 23.1. The molecule has 0 bridgehead atoms. The first-order valence-electron chi connectivity index (χ1n) is 4.69. The van der Waals surface area contributed by atoms with Crippen LogP contribution in [0.5, 0.6) is 0 Å². The van der Waals surface area contributed by atoms with Crippen molar-refractivity contribution in [3.05, 3.63) is 46.0 Å². The molecule has 0 amide bonds. The molecule has 0 aliphatic heterocycles. The number of nitrogens with zero attached hydrogens (tertiary/aromatic N) is 5. The molecule has 0 radical (unpaired) electrons. The van der Waals surface area contributed by atoms with Crippen LogP contribution in [0.1, 0.15) is 11.4 Å². The Balaban J connectivity index is 2.47. The van der Waals surface area contributed by atoms with E-state index in [2.05, 4.69) is 10.1 Å². The molecule has 1 aromatic carbocycles. The van der Waals surface area contributed by atoms with Crippen LogP contribution in [0.3, 0.4) is 0 Å².